The van der Waals surface area contributed by atoms with Gasteiger partial charge in [0.25, 0.3) is 0 Å². The van der Waals surface area contributed by atoms with E-state index in [-0.39, 0.29) is 0 Å². The summed E-state index contributed by atoms with van der Waals surface area (Å²) >= 11 is 1.80. The Morgan fingerprint density at radius 3 is 2.50 bits per heavy atom. The minimum absolute atomic E-state index is 0.422. The number of nitrogens with one attached hydrogen (secondary N) is 1. The van der Waals surface area contributed by atoms with E-state index >= 15 is 0 Å². The molecule has 3 heteroatoms. The van der Waals surface area contributed by atoms with Gasteiger partial charge in [-0.25, -0.2) is 0 Å². The van der Waals surface area contributed by atoms with Crippen LogP contribution >= 0.6 is 11.3 Å². The van der Waals surface area contributed by atoms with Crippen molar-refractivity contribution in [2.45, 2.75) is 12.6 Å². The standard InChI is InChI=1S/C15H20N2S/c1-17(2)15(13-7-4-3-5-8-13)12-16-11-14-9-6-10-18-14/h3-10,15-16H,11-12H2,1-2H3. The molecule has 1 aromatic heterocycles. The van der Waals surface area contributed by atoms with Gasteiger partial charge in [-0.15, -0.1) is 11.3 Å². The summed E-state index contributed by atoms with van der Waals surface area (Å²) in [7, 11) is 4.26. The van der Waals surface area contributed by atoms with E-state index in [4.69, 9.17) is 0 Å². The lowest BCUT2D eigenvalue weighted by Gasteiger charge is -2.25. The fraction of sp³-hybridized carbons (Fsp3) is 0.333. The molecular formula is C15H20N2S. The first-order chi connectivity index (χ1) is 8.77. The van der Waals surface area contributed by atoms with Crippen LogP contribution in [0, 0.1) is 0 Å². The van der Waals surface area contributed by atoms with Gasteiger partial charge in [0, 0.05) is 24.0 Å². The molecule has 0 fully saturated rings. The molecule has 0 radical (unpaired) electrons. The first kappa shape index (κ1) is 13.3. The topological polar surface area (TPSA) is 15.3 Å². The SMILES string of the molecule is CN(C)C(CNCc1cccs1)c1ccccc1. The van der Waals surface area contributed by atoms with Crippen LogP contribution in [-0.4, -0.2) is 25.5 Å². The van der Waals surface area contributed by atoms with E-state index in [1.807, 2.05) is 0 Å². The largest absolute Gasteiger partial charge is 0.310 e. The van der Waals surface area contributed by atoms with Crippen molar-refractivity contribution in [2.75, 3.05) is 20.6 Å². The van der Waals surface area contributed by atoms with Crippen LogP contribution in [0.1, 0.15) is 16.5 Å². The second-order valence-electron chi connectivity index (χ2n) is 4.60. The Labute approximate surface area is 113 Å². The molecule has 1 unspecified atom stereocenters. The fourth-order valence-electron chi connectivity index (χ4n) is 2.02. The molecule has 2 rings (SSSR count). The second-order valence-corrected chi connectivity index (χ2v) is 5.63. The van der Waals surface area contributed by atoms with Crippen LogP contribution in [0.4, 0.5) is 0 Å². The van der Waals surface area contributed by atoms with Crippen molar-refractivity contribution < 1.29 is 0 Å². The zero-order valence-electron chi connectivity index (χ0n) is 11.0. The van der Waals surface area contributed by atoms with Crippen molar-refractivity contribution in [3.05, 3.63) is 58.3 Å². The fourth-order valence-corrected chi connectivity index (χ4v) is 2.69. The Hall–Kier alpha value is -1.16. The number of hydrogen-bond acceptors (Lipinski definition) is 3. The monoisotopic (exact) mass is 260 g/mol. The van der Waals surface area contributed by atoms with Crippen LogP contribution in [0.5, 0.6) is 0 Å². The summed E-state index contributed by atoms with van der Waals surface area (Å²) in [5, 5.41) is 5.66. The summed E-state index contributed by atoms with van der Waals surface area (Å²) < 4.78 is 0. The molecule has 0 saturated carbocycles. The summed E-state index contributed by atoms with van der Waals surface area (Å²) in [5.41, 5.74) is 1.36. The van der Waals surface area contributed by atoms with Gasteiger partial charge in [0.15, 0.2) is 0 Å². The summed E-state index contributed by atoms with van der Waals surface area (Å²) in [6.07, 6.45) is 0. The van der Waals surface area contributed by atoms with Crippen molar-refractivity contribution in [2.24, 2.45) is 0 Å². The molecule has 0 amide bonds. The highest BCUT2D eigenvalue weighted by Crippen LogP contribution is 2.17. The molecule has 0 spiro atoms. The van der Waals surface area contributed by atoms with Crippen LogP contribution < -0.4 is 5.32 Å². The molecular weight excluding hydrogens is 240 g/mol. The number of likely N-dealkylation sites (N-methyl/N-ethyl adjacent to an activating group) is 1. The van der Waals surface area contributed by atoms with Crippen molar-refractivity contribution >= 4 is 11.3 Å². The van der Waals surface area contributed by atoms with Crippen molar-refractivity contribution in [1.82, 2.24) is 10.2 Å². The Kier molecular flexibility index (Phi) is 4.93. The van der Waals surface area contributed by atoms with E-state index in [2.05, 4.69) is 72.2 Å². The maximum absolute atomic E-state index is 3.54. The molecule has 0 saturated heterocycles. The summed E-state index contributed by atoms with van der Waals surface area (Å²) in [6, 6.07) is 15.3. The molecule has 1 atom stereocenters. The molecule has 1 N–H and O–H groups in total. The van der Waals surface area contributed by atoms with E-state index in [1.54, 1.807) is 11.3 Å². The lowest BCUT2D eigenvalue weighted by molar-refractivity contribution is 0.288. The van der Waals surface area contributed by atoms with Gasteiger partial charge in [0.1, 0.15) is 0 Å². The van der Waals surface area contributed by atoms with Gasteiger partial charge in [-0.1, -0.05) is 36.4 Å². The molecule has 2 aromatic rings. The Bertz CT molecular complexity index is 437. The second kappa shape index (κ2) is 6.69. The van der Waals surface area contributed by atoms with Gasteiger partial charge in [-0.05, 0) is 31.1 Å². The van der Waals surface area contributed by atoms with E-state index in [0.717, 1.165) is 13.1 Å². The third kappa shape index (κ3) is 3.67. The zero-order chi connectivity index (χ0) is 12.8. The third-order valence-electron chi connectivity index (χ3n) is 3.02. The van der Waals surface area contributed by atoms with E-state index in [1.165, 1.54) is 10.4 Å². The highest BCUT2D eigenvalue weighted by Gasteiger charge is 2.12. The maximum Gasteiger partial charge on any atom is 0.0466 e. The average molecular weight is 260 g/mol. The molecule has 0 aliphatic heterocycles. The number of nitrogens with zero attached hydrogens (tertiary/aromatic N) is 1. The number of hydrogen-bond donors (Lipinski definition) is 1. The molecule has 0 bridgehead atoms. The Morgan fingerprint density at radius 1 is 1.11 bits per heavy atom. The lowest BCUT2D eigenvalue weighted by atomic mass is 10.1. The Morgan fingerprint density at radius 2 is 1.89 bits per heavy atom. The van der Waals surface area contributed by atoms with Gasteiger partial charge in [0.05, 0.1) is 0 Å². The molecule has 1 heterocycles. The smallest absolute Gasteiger partial charge is 0.0466 e. The van der Waals surface area contributed by atoms with Crippen LogP contribution in [0.25, 0.3) is 0 Å². The average Bonchev–Trinajstić information content (AvgIpc) is 2.88. The normalized spacial score (nSPS) is 12.8. The number of thiophene rings is 1. The Balaban J connectivity index is 1.91. The van der Waals surface area contributed by atoms with E-state index < -0.39 is 0 Å². The molecule has 0 aliphatic carbocycles. The van der Waals surface area contributed by atoms with Gasteiger partial charge in [0.2, 0.25) is 0 Å². The third-order valence-corrected chi connectivity index (χ3v) is 3.90. The van der Waals surface area contributed by atoms with Gasteiger partial charge >= 0.3 is 0 Å². The van der Waals surface area contributed by atoms with E-state index in [9.17, 15) is 0 Å². The van der Waals surface area contributed by atoms with Gasteiger partial charge in [-0.2, -0.15) is 0 Å². The van der Waals surface area contributed by atoms with Crippen molar-refractivity contribution in [3.8, 4) is 0 Å². The van der Waals surface area contributed by atoms with Gasteiger partial charge < -0.3 is 10.2 Å². The highest BCUT2D eigenvalue weighted by molar-refractivity contribution is 7.09. The van der Waals surface area contributed by atoms with Crippen LogP contribution in [-0.2, 0) is 6.54 Å². The number of rotatable bonds is 6. The van der Waals surface area contributed by atoms with Crippen LogP contribution in [0.3, 0.4) is 0 Å². The van der Waals surface area contributed by atoms with Crippen LogP contribution in [0.2, 0.25) is 0 Å². The highest BCUT2D eigenvalue weighted by atomic mass is 32.1. The quantitative estimate of drug-likeness (QED) is 0.858. The first-order valence-electron chi connectivity index (χ1n) is 6.22. The molecule has 1 aromatic carbocycles. The minimum atomic E-state index is 0.422. The summed E-state index contributed by atoms with van der Waals surface area (Å²) in [4.78, 5) is 3.65. The van der Waals surface area contributed by atoms with E-state index in [0.29, 0.717) is 6.04 Å². The molecule has 0 aliphatic rings. The van der Waals surface area contributed by atoms with Crippen molar-refractivity contribution in [1.29, 1.82) is 0 Å². The maximum atomic E-state index is 3.54. The minimum Gasteiger partial charge on any atom is -0.310 e. The predicted octanol–water partition coefficient (Wildman–Crippen LogP) is 3.14. The lowest BCUT2D eigenvalue weighted by Crippen LogP contribution is -2.30. The predicted molar refractivity (Wildman–Crippen MR) is 78.9 cm³/mol. The zero-order valence-corrected chi connectivity index (χ0v) is 11.8. The van der Waals surface area contributed by atoms with Crippen molar-refractivity contribution in [3.63, 3.8) is 0 Å². The molecule has 2 nitrogen and oxygen atoms in total. The first-order valence-corrected chi connectivity index (χ1v) is 7.10. The molecule has 18 heavy (non-hydrogen) atoms. The number of benzene rings is 1. The van der Waals surface area contributed by atoms with Gasteiger partial charge in [-0.3, -0.25) is 0 Å². The summed E-state index contributed by atoms with van der Waals surface area (Å²) in [6.45, 7) is 1.92. The summed E-state index contributed by atoms with van der Waals surface area (Å²) in [5.74, 6) is 0. The molecule has 96 valence electrons. The van der Waals surface area contributed by atoms with Crippen LogP contribution in [0.15, 0.2) is 47.8 Å².